The lowest BCUT2D eigenvalue weighted by molar-refractivity contribution is -0.127. The van der Waals surface area contributed by atoms with Crippen molar-refractivity contribution in [3.05, 3.63) is 40.9 Å². The highest BCUT2D eigenvalue weighted by atomic mass is 35.5. The number of carbonyl (C=O) groups excluding carboxylic acids is 1. The van der Waals surface area contributed by atoms with Crippen LogP contribution in [0, 0.1) is 0 Å². The molecule has 3 nitrogen and oxygen atoms in total. The number of amides is 1. The van der Waals surface area contributed by atoms with Crippen molar-refractivity contribution >= 4 is 23.6 Å². The first-order chi connectivity index (χ1) is 9.70. The standard InChI is InChI=1S/C16H20ClNO2/c1-2-18(12-14-7-5-11-20-14)16(19)10-9-13-6-3-4-8-15(13)17/h3-4,6,8-10,14H,2,5,7,11-12H2,1H3. The number of carbonyl (C=O) groups is 1. The molecule has 1 aliphatic rings. The smallest absolute Gasteiger partial charge is 0.246 e. The minimum absolute atomic E-state index is 0.00270. The van der Waals surface area contributed by atoms with Crippen LogP contribution in [0.3, 0.4) is 0 Å². The summed E-state index contributed by atoms with van der Waals surface area (Å²) in [6, 6.07) is 7.48. The normalized spacial score (nSPS) is 18.6. The average molecular weight is 294 g/mol. The molecule has 1 amide bonds. The highest BCUT2D eigenvalue weighted by Crippen LogP contribution is 2.17. The predicted molar refractivity (Wildman–Crippen MR) is 81.7 cm³/mol. The molecule has 1 fully saturated rings. The fraction of sp³-hybridized carbons (Fsp3) is 0.438. The van der Waals surface area contributed by atoms with Crippen LogP contribution in [0.5, 0.6) is 0 Å². The first kappa shape index (κ1) is 15.1. The van der Waals surface area contributed by atoms with Crippen molar-refractivity contribution in [1.82, 2.24) is 4.90 Å². The van der Waals surface area contributed by atoms with Gasteiger partial charge in [0.2, 0.25) is 5.91 Å². The number of hydrogen-bond donors (Lipinski definition) is 0. The zero-order chi connectivity index (χ0) is 14.4. The van der Waals surface area contributed by atoms with E-state index < -0.39 is 0 Å². The Bertz CT molecular complexity index is 481. The predicted octanol–water partition coefficient (Wildman–Crippen LogP) is 3.38. The molecule has 1 atom stereocenters. The van der Waals surface area contributed by atoms with Gasteiger partial charge in [-0.3, -0.25) is 4.79 Å². The van der Waals surface area contributed by atoms with Gasteiger partial charge in [-0.15, -0.1) is 0 Å². The third-order valence-corrected chi connectivity index (χ3v) is 3.80. The molecule has 0 aromatic heterocycles. The summed E-state index contributed by atoms with van der Waals surface area (Å²) in [6.07, 6.45) is 5.67. The van der Waals surface area contributed by atoms with Crippen LogP contribution in [0.4, 0.5) is 0 Å². The van der Waals surface area contributed by atoms with Crippen molar-refractivity contribution in [2.45, 2.75) is 25.9 Å². The van der Waals surface area contributed by atoms with Gasteiger partial charge in [0, 0.05) is 30.8 Å². The van der Waals surface area contributed by atoms with E-state index in [-0.39, 0.29) is 12.0 Å². The Balaban J connectivity index is 1.96. The van der Waals surface area contributed by atoms with E-state index in [9.17, 15) is 4.79 Å². The number of rotatable bonds is 5. The SMILES string of the molecule is CCN(CC1CCCO1)C(=O)C=Cc1ccccc1Cl. The van der Waals surface area contributed by atoms with Crippen LogP contribution < -0.4 is 0 Å². The second-order valence-corrected chi connectivity index (χ2v) is 5.27. The van der Waals surface area contributed by atoms with Gasteiger partial charge in [0.15, 0.2) is 0 Å². The summed E-state index contributed by atoms with van der Waals surface area (Å²) in [6.45, 7) is 4.15. The van der Waals surface area contributed by atoms with Crippen LogP contribution in [0.2, 0.25) is 5.02 Å². The highest BCUT2D eigenvalue weighted by Gasteiger charge is 2.20. The summed E-state index contributed by atoms with van der Waals surface area (Å²) in [5.74, 6) is 0.00270. The Hall–Kier alpha value is -1.32. The maximum Gasteiger partial charge on any atom is 0.246 e. The first-order valence-electron chi connectivity index (χ1n) is 7.04. The molecule has 0 saturated carbocycles. The van der Waals surface area contributed by atoms with Crippen LogP contribution in [0.25, 0.3) is 6.08 Å². The molecule has 1 heterocycles. The number of likely N-dealkylation sites (N-methyl/N-ethyl adjacent to an activating group) is 1. The summed E-state index contributed by atoms with van der Waals surface area (Å²) < 4.78 is 5.58. The number of hydrogen-bond acceptors (Lipinski definition) is 2. The zero-order valence-electron chi connectivity index (χ0n) is 11.7. The molecular weight excluding hydrogens is 274 g/mol. The van der Waals surface area contributed by atoms with Gasteiger partial charge in [-0.1, -0.05) is 29.8 Å². The summed E-state index contributed by atoms with van der Waals surface area (Å²) in [5.41, 5.74) is 0.857. The molecule has 108 valence electrons. The summed E-state index contributed by atoms with van der Waals surface area (Å²) >= 11 is 6.06. The van der Waals surface area contributed by atoms with E-state index in [0.29, 0.717) is 18.1 Å². The van der Waals surface area contributed by atoms with Crippen molar-refractivity contribution in [2.24, 2.45) is 0 Å². The zero-order valence-corrected chi connectivity index (χ0v) is 12.5. The minimum atomic E-state index is 0.00270. The fourth-order valence-corrected chi connectivity index (χ4v) is 2.48. The van der Waals surface area contributed by atoms with Crippen molar-refractivity contribution in [1.29, 1.82) is 0 Å². The summed E-state index contributed by atoms with van der Waals surface area (Å²) in [4.78, 5) is 14.0. The van der Waals surface area contributed by atoms with E-state index in [0.717, 1.165) is 25.0 Å². The van der Waals surface area contributed by atoms with Crippen LogP contribution in [-0.4, -0.2) is 36.6 Å². The van der Waals surface area contributed by atoms with Gasteiger partial charge >= 0.3 is 0 Å². The van der Waals surface area contributed by atoms with E-state index in [1.54, 1.807) is 12.2 Å². The average Bonchev–Trinajstić information content (AvgIpc) is 2.96. The van der Waals surface area contributed by atoms with Crippen LogP contribution in [-0.2, 0) is 9.53 Å². The lowest BCUT2D eigenvalue weighted by Crippen LogP contribution is -2.36. The monoisotopic (exact) mass is 293 g/mol. The topological polar surface area (TPSA) is 29.5 Å². The van der Waals surface area contributed by atoms with Crippen LogP contribution in [0.1, 0.15) is 25.3 Å². The third kappa shape index (κ3) is 4.09. The third-order valence-electron chi connectivity index (χ3n) is 3.45. The van der Waals surface area contributed by atoms with E-state index in [1.807, 2.05) is 36.1 Å². The molecule has 0 aliphatic carbocycles. The summed E-state index contributed by atoms with van der Waals surface area (Å²) in [7, 11) is 0. The molecule has 2 rings (SSSR count). The molecule has 0 bridgehead atoms. The van der Waals surface area contributed by atoms with E-state index in [1.165, 1.54) is 0 Å². The lowest BCUT2D eigenvalue weighted by atomic mass is 10.2. The molecule has 0 spiro atoms. The van der Waals surface area contributed by atoms with E-state index in [2.05, 4.69) is 0 Å². The molecule has 4 heteroatoms. The maximum absolute atomic E-state index is 12.2. The van der Waals surface area contributed by atoms with Gasteiger partial charge in [-0.2, -0.15) is 0 Å². The largest absolute Gasteiger partial charge is 0.376 e. The Morgan fingerprint density at radius 3 is 2.95 bits per heavy atom. The molecule has 1 aliphatic heterocycles. The van der Waals surface area contributed by atoms with E-state index in [4.69, 9.17) is 16.3 Å². The van der Waals surface area contributed by atoms with Gasteiger partial charge in [-0.25, -0.2) is 0 Å². The summed E-state index contributed by atoms with van der Waals surface area (Å²) in [5, 5.41) is 0.652. The number of ether oxygens (including phenoxy) is 1. The molecule has 1 unspecified atom stereocenters. The second kappa shape index (κ2) is 7.46. The highest BCUT2D eigenvalue weighted by molar-refractivity contribution is 6.32. The molecule has 0 radical (unpaired) electrons. The van der Waals surface area contributed by atoms with Crippen molar-refractivity contribution < 1.29 is 9.53 Å². The fourth-order valence-electron chi connectivity index (χ4n) is 2.29. The quantitative estimate of drug-likeness (QED) is 0.779. The molecule has 1 aromatic rings. The molecule has 20 heavy (non-hydrogen) atoms. The number of halogens is 1. The molecule has 0 N–H and O–H groups in total. The van der Waals surface area contributed by atoms with Gasteiger partial charge in [-0.05, 0) is 37.5 Å². The van der Waals surface area contributed by atoms with Gasteiger partial charge in [0.1, 0.15) is 0 Å². The Kier molecular flexibility index (Phi) is 5.62. The Morgan fingerprint density at radius 1 is 1.50 bits per heavy atom. The maximum atomic E-state index is 12.2. The van der Waals surface area contributed by atoms with E-state index >= 15 is 0 Å². The molecular formula is C16H20ClNO2. The van der Waals surface area contributed by atoms with Crippen LogP contribution in [0.15, 0.2) is 30.3 Å². The lowest BCUT2D eigenvalue weighted by Gasteiger charge is -2.22. The Labute approximate surface area is 125 Å². The van der Waals surface area contributed by atoms with Crippen molar-refractivity contribution in [3.8, 4) is 0 Å². The van der Waals surface area contributed by atoms with Crippen molar-refractivity contribution in [3.63, 3.8) is 0 Å². The van der Waals surface area contributed by atoms with Gasteiger partial charge in [0.25, 0.3) is 0 Å². The second-order valence-electron chi connectivity index (χ2n) is 4.87. The van der Waals surface area contributed by atoms with Gasteiger partial charge in [0.05, 0.1) is 6.10 Å². The van der Waals surface area contributed by atoms with Crippen molar-refractivity contribution in [2.75, 3.05) is 19.7 Å². The van der Waals surface area contributed by atoms with Crippen LogP contribution >= 0.6 is 11.6 Å². The molecule has 1 saturated heterocycles. The minimum Gasteiger partial charge on any atom is -0.376 e. The molecule has 1 aromatic carbocycles. The van der Waals surface area contributed by atoms with Gasteiger partial charge < -0.3 is 9.64 Å². The Morgan fingerprint density at radius 2 is 2.30 bits per heavy atom. The number of nitrogens with zero attached hydrogens (tertiary/aromatic N) is 1. The number of benzene rings is 1. The first-order valence-corrected chi connectivity index (χ1v) is 7.41.